The number of rotatable bonds is 7. The Morgan fingerprint density at radius 1 is 1.04 bits per heavy atom. The maximum atomic E-state index is 12.8. The zero-order valence-electron chi connectivity index (χ0n) is 15.2. The molecule has 4 aromatic rings. The van der Waals surface area contributed by atoms with Crippen LogP contribution in [-0.4, -0.2) is 17.0 Å². The van der Waals surface area contributed by atoms with Crippen LogP contribution in [0.5, 0.6) is 5.75 Å². The second-order valence-electron chi connectivity index (χ2n) is 6.53. The van der Waals surface area contributed by atoms with Gasteiger partial charge in [-0.3, -0.25) is 4.79 Å². The fourth-order valence-corrected chi connectivity index (χ4v) is 3.29. The smallest absolute Gasteiger partial charge is 0.230 e. The Morgan fingerprint density at radius 3 is 2.67 bits per heavy atom. The van der Waals surface area contributed by atoms with Crippen LogP contribution < -0.4 is 4.74 Å². The predicted molar refractivity (Wildman–Crippen MR) is 105 cm³/mol. The van der Waals surface area contributed by atoms with E-state index in [1.54, 1.807) is 12.1 Å². The topological polar surface area (TPSA) is 44.4 Å². The molecule has 4 nitrogen and oxygen atoms in total. The van der Waals surface area contributed by atoms with Crippen LogP contribution in [0.15, 0.2) is 77.5 Å². The molecule has 0 N–H and O–H groups in total. The number of ether oxygens (including phenoxy) is 1. The molecular weight excluding hydrogens is 338 g/mol. The summed E-state index contributed by atoms with van der Waals surface area (Å²) in [5, 5.41) is 0.943. The molecule has 0 saturated carbocycles. The lowest BCUT2D eigenvalue weighted by Gasteiger charge is -2.09. The van der Waals surface area contributed by atoms with Crippen molar-refractivity contribution in [1.82, 2.24) is 4.57 Å². The fourth-order valence-electron chi connectivity index (χ4n) is 3.29. The van der Waals surface area contributed by atoms with Crippen LogP contribution in [0.2, 0.25) is 0 Å². The molecule has 2 heterocycles. The highest BCUT2D eigenvalue weighted by Crippen LogP contribution is 2.24. The van der Waals surface area contributed by atoms with E-state index in [-0.39, 0.29) is 5.78 Å². The first-order valence-electron chi connectivity index (χ1n) is 9.08. The van der Waals surface area contributed by atoms with E-state index in [9.17, 15) is 4.79 Å². The van der Waals surface area contributed by atoms with E-state index in [4.69, 9.17) is 9.15 Å². The number of carbonyl (C=O) groups is 1. The second kappa shape index (κ2) is 7.54. The molecule has 0 radical (unpaired) electrons. The number of nitrogens with zero attached hydrogens (tertiary/aromatic N) is 1. The van der Waals surface area contributed by atoms with Crippen molar-refractivity contribution < 1.29 is 13.9 Å². The van der Waals surface area contributed by atoms with Crippen LogP contribution in [0.3, 0.4) is 0 Å². The van der Waals surface area contributed by atoms with Crippen LogP contribution in [0.1, 0.15) is 28.1 Å². The van der Waals surface area contributed by atoms with Gasteiger partial charge in [-0.25, -0.2) is 0 Å². The molecule has 0 aliphatic rings. The molecule has 4 heteroatoms. The van der Waals surface area contributed by atoms with Gasteiger partial charge in [0.2, 0.25) is 5.78 Å². The number of ketones is 1. The number of carbonyl (C=O) groups excluding carboxylic acids is 1. The van der Waals surface area contributed by atoms with Crippen molar-refractivity contribution in [3.63, 3.8) is 0 Å². The lowest BCUT2D eigenvalue weighted by molar-refractivity contribution is 0.101. The molecular formula is C23H21NO3. The highest BCUT2D eigenvalue weighted by Gasteiger charge is 2.18. The van der Waals surface area contributed by atoms with Crippen LogP contribution in [0.25, 0.3) is 10.9 Å². The van der Waals surface area contributed by atoms with Gasteiger partial charge in [-0.2, -0.15) is 0 Å². The molecule has 0 atom stereocenters. The summed E-state index contributed by atoms with van der Waals surface area (Å²) < 4.78 is 13.3. The average Bonchev–Trinajstić information content (AvgIpc) is 3.35. The molecule has 0 spiro atoms. The Bertz CT molecular complexity index is 1060. The molecule has 0 fully saturated rings. The minimum atomic E-state index is -0.0916. The second-order valence-corrected chi connectivity index (χ2v) is 6.53. The Morgan fingerprint density at radius 2 is 1.85 bits per heavy atom. The zero-order chi connectivity index (χ0) is 18.6. The van der Waals surface area contributed by atoms with Gasteiger partial charge in [0.15, 0.2) is 5.76 Å². The van der Waals surface area contributed by atoms with E-state index in [1.165, 1.54) is 6.26 Å². The number of hydrogen-bond donors (Lipinski definition) is 0. The lowest BCUT2D eigenvalue weighted by Crippen LogP contribution is -2.04. The predicted octanol–water partition coefficient (Wildman–Crippen LogP) is 5.24. The first-order valence-corrected chi connectivity index (χ1v) is 9.08. The van der Waals surface area contributed by atoms with Crippen molar-refractivity contribution in [2.75, 3.05) is 6.61 Å². The summed E-state index contributed by atoms with van der Waals surface area (Å²) in [6, 6.07) is 19.4. The molecule has 0 aliphatic carbocycles. The first-order chi connectivity index (χ1) is 13.2. The summed E-state index contributed by atoms with van der Waals surface area (Å²) in [7, 11) is 0. The Balaban J connectivity index is 1.51. The van der Waals surface area contributed by atoms with Crippen LogP contribution in [-0.2, 0) is 6.54 Å². The van der Waals surface area contributed by atoms with E-state index in [1.807, 2.05) is 61.7 Å². The maximum Gasteiger partial charge on any atom is 0.230 e. The fraction of sp³-hybridized carbons (Fsp3) is 0.174. The third-order valence-electron chi connectivity index (χ3n) is 4.67. The summed E-state index contributed by atoms with van der Waals surface area (Å²) >= 11 is 0. The van der Waals surface area contributed by atoms with Gasteiger partial charge in [-0.1, -0.05) is 36.4 Å². The van der Waals surface area contributed by atoms with Gasteiger partial charge in [0.05, 0.1) is 18.4 Å². The van der Waals surface area contributed by atoms with Crippen molar-refractivity contribution in [2.24, 2.45) is 0 Å². The number of hydrogen-bond acceptors (Lipinski definition) is 3. The van der Waals surface area contributed by atoms with Crippen LogP contribution in [0.4, 0.5) is 0 Å². The molecule has 27 heavy (non-hydrogen) atoms. The summed E-state index contributed by atoms with van der Waals surface area (Å²) in [5.74, 6) is 1.19. The van der Waals surface area contributed by atoms with Crippen molar-refractivity contribution in [3.8, 4) is 5.75 Å². The van der Waals surface area contributed by atoms with Gasteiger partial charge in [0, 0.05) is 23.6 Å². The summed E-state index contributed by atoms with van der Waals surface area (Å²) in [5.41, 5.74) is 2.85. The SMILES string of the molecule is Cc1ccccc1OCCCn1cc(C(=O)c2ccco2)c2ccccc21. The van der Waals surface area contributed by atoms with E-state index < -0.39 is 0 Å². The number of para-hydroxylation sites is 2. The number of aromatic nitrogens is 1. The quantitative estimate of drug-likeness (QED) is 0.335. The minimum absolute atomic E-state index is 0.0916. The van der Waals surface area contributed by atoms with Crippen LogP contribution in [0, 0.1) is 6.92 Å². The monoisotopic (exact) mass is 359 g/mol. The van der Waals surface area contributed by atoms with E-state index in [0.29, 0.717) is 17.9 Å². The number of fused-ring (bicyclic) bond motifs is 1. The van der Waals surface area contributed by atoms with Gasteiger partial charge < -0.3 is 13.7 Å². The number of benzene rings is 2. The minimum Gasteiger partial charge on any atom is -0.493 e. The molecule has 0 aliphatic heterocycles. The summed E-state index contributed by atoms with van der Waals surface area (Å²) in [4.78, 5) is 12.8. The van der Waals surface area contributed by atoms with E-state index in [2.05, 4.69) is 4.57 Å². The van der Waals surface area contributed by atoms with Crippen molar-refractivity contribution in [2.45, 2.75) is 19.9 Å². The van der Waals surface area contributed by atoms with Gasteiger partial charge in [-0.05, 0) is 43.2 Å². The normalized spacial score (nSPS) is 11.0. The molecule has 0 saturated heterocycles. The molecule has 0 amide bonds. The third-order valence-corrected chi connectivity index (χ3v) is 4.67. The van der Waals surface area contributed by atoms with Crippen LogP contribution >= 0.6 is 0 Å². The number of furan rings is 1. The molecule has 0 bridgehead atoms. The van der Waals surface area contributed by atoms with Crippen molar-refractivity contribution >= 4 is 16.7 Å². The standard InChI is InChI=1S/C23H21NO3/c1-17-8-2-5-11-21(17)26-15-7-13-24-16-19(18-9-3-4-10-20(18)24)23(25)22-12-6-14-27-22/h2-6,8-12,14,16H,7,13,15H2,1H3. The maximum absolute atomic E-state index is 12.8. The molecule has 2 aromatic heterocycles. The van der Waals surface area contributed by atoms with E-state index in [0.717, 1.165) is 35.2 Å². The third kappa shape index (κ3) is 3.51. The molecule has 4 rings (SSSR count). The van der Waals surface area contributed by atoms with E-state index >= 15 is 0 Å². The van der Waals surface area contributed by atoms with Crippen molar-refractivity contribution in [1.29, 1.82) is 0 Å². The van der Waals surface area contributed by atoms with Gasteiger partial charge in [0.25, 0.3) is 0 Å². The first kappa shape index (κ1) is 17.2. The van der Waals surface area contributed by atoms with Gasteiger partial charge >= 0.3 is 0 Å². The average molecular weight is 359 g/mol. The Labute approximate surface area is 158 Å². The largest absolute Gasteiger partial charge is 0.493 e. The van der Waals surface area contributed by atoms with Gasteiger partial charge in [0.1, 0.15) is 5.75 Å². The zero-order valence-corrected chi connectivity index (χ0v) is 15.2. The Hall–Kier alpha value is -3.27. The van der Waals surface area contributed by atoms with Crippen molar-refractivity contribution in [3.05, 3.63) is 90.0 Å². The molecule has 2 aromatic carbocycles. The summed E-state index contributed by atoms with van der Waals surface area (Å²) in [6.07, 6.45) is 4.29. The molecule has 0 unspecified atom stereocenters. The van der Waals surface area contributed by atoms with Gasteiger partial charge in [-0.15, -0.1) is 0 Å². The summed E-state index contributed by atoms with van der Waals surface area (Å²) in [6.45, 7) is 3.44. The molecule has 136 valence electrons. The highest BCUT2D eigenvalue weighted by atomic mass is 16.5. The Kier molecular flexibility index (Phi) is 4.79. The highest BCUT2D eigenvalue weighted by molar-refractivity contribution is 6.15. The number of aryl methyl sites for hydroxylation is 2. The lowest BCUT2D eigenvalue weighted by atomic mass is 10.1.